The molecular weight excluding hydrogens is 95.1 g/mol. The van der Waals surface area contributed by atoms with Crippen molar-refractivity contribution in [3.63, 3.8) is 0 Å². The number of rotatable bonds is 0. The Kier molecular flexibility index (Phi) is 0.817. The average molecular weight is 100 g/mol. The number of hydrogen-bond acceptors (Lipinski definition) is 1. The number of aryl methyl sites for hydroxylation is 1. The smallest absolute Gasteiger partial charge is 0.0622 e. The van der Waals surface area contributed by atoms with Gasteiger partial charge in [-0.15, -0.1) is 10.0 Å². The predicted molar refractivity (Wildman–Crippen MR) is 23.5 cm³/mol. The van der Waals surface area contributed by atoms with Crippen LogP contribution in [0.5, 0.6) is 0 Å². The van der Waals surface area contributed by atoms with Crippen molar-refractivity contribution in [1.82, 2.24) is 10.0 Å². The van der Waals surface area contributed by atoms with Gasteiger partial charge in [-0.05, 0) is 13.0 Å². The van der Waals surface area contributed by atoms with E-state index >= 15 is 0 Å². The largest absolute Gasteiger partial charge is 0.148 e. The van der Waals surface area contributed by atoms with Crippen LogP contribution in [0.2, 0.25) is 0 Å². The van der Waals surface area contributed by atoms with Crippen LogP contribution in [0.4, 0.5) is 4.48 Å². The molecule has 0 saturated heterocycles. The third-order valence-electron chi connectivity index (χ3n) is 0.692. The fourth-order valence-electron chi connectivity index (χ4n) is 0.387. The van der Waals surface area contributed by atoms with Gasteiger partial charge in [-0.25, -0.2) is 0 Å². The van der Waals surface area contributed by atoms with Crippen molar-refractivity contribution in [1.29, 1.82) is 0 Å². The van der Waals surface area contributed by atoms with Gasteiger partial charge < -0.3 is 0 Å². The second kappa shape index (κ2) is 1.33. The van der Waals surface area contributed by atoms with Gasteiger partial charge in [-0.1, -0.05) is 4.48 Å². The first-order valence-electron chi connectivity index (χ1n) is 1.97. The molecule has 3 heteroatoms. The molecule has 7 heavy (non-hydrogen) atoms. The van der Waals surface area contributed by atoms with Crippen molar-refractivity contribution in [3.8, 4) is 0 Å². The first kappa shape index (κ1) is 4.30. The van der Waals surface area contributed by atoms with E-state index in [1.165, 1.54) is 6.20 Å². The van der Waals surface area contributed by atoms with Crippen LogP contribution in [0, 0.1) is 6.92 Å². The second-order valence-electron chi connectivity index (χ2n) is 1.35. The molecule has 0 unspecified atom stereocenters. The number of nitrogens with zero attached hydrogens (tertiary/aromatic N) is 2. The molecule has 0 atom stereocenters. The van der Waals surface area contributed by atoms with E-state index in [1.807, 2.05) is 0 Å². The Hall–Kier alpha value is -0.860. The predicted octanol–water partition coefficient (Wildman–Crippen LogP) is 0.924. The first-order chi connectivity index (χ1) is 3.29. The maximum atomic E-state index is 11.7. The zero-order valence-electron chi connectivity index (χ0n) is 3.93. The summed E-state index contributed by atoms with van der Waals surface area (Å²) in [6.07, 6.45) is 1.26. The van der Waals surface area contributed by atoms with Crippen molar-refractivity contribution >= 4 is 0 Å². The lowest BCUT2D eigenvalue weighted by Gasteiger charge is -1.73. The second-order valence-corrected chi connectivity index (χ2v) is 1.35. The molecule has 38 valence electrons. The highest BCUT2D eigenvalue weighted by molar-refractivity contribution is 4.93. The Balaban J connectivity index is 3.04. The van der Waals surface area contributed by atoms with Crippen molar-refractivity contribution < 1.29 is 4.48 Å². The summed E-state index contributed by atoms with van der Waals surface area (Å²) in [6.45, 7) is 1.73. The molecule has 1 heterocycles. The molecule has 0 N–H and O–H groups in total. The molecule has 0 aliphatic rings. The van der Waals surface area contributed by atoms with Gasteiger partial charge in [-0.2, -0.15) is 0 Å². The third kappa shape index (κ3) is 0.765. The molecule has 1 aromatic heterocycles. The van der Waals surface area contributed by atoms with Gasteiger partial charge >= 0.3 is 0 Å². The van der Waals surface area contributed by atoms with Crippen molar-refractivity contribution in [3.05, 3.63) is 18.0 Å². The van der Waals surface area contributed by atoms with E-state index in [2.05, 4.69) is 5.10 Å². The number of aromatic nitrogens is 2. The molecule has 1 aromatic rings. The summed E-state index contributed by atoms with van der Waals surface area (Å²) in [5.74, 6) is 0. The fraction of sp³-hybridized carbons (Fsp3) is 0.250. The van der Waals surface area contributed by atoms with E-state index in [1.54, 1.807) is 13.0 Å². The Morgan fingerprint density at radius 3 is 2.71 bits per heavy atom. The standard InChI is InChI=1S/C4H5FN2/c1-4-2-3-7(5)6-4/h2-3H,1H3. The Morgan fingerprint density at radius 2 is 2.57 bits per heavy atom. The summed E-state index contributed by atoms with van der Waals surface area (Å²) < 4.78 is 11.7. The van der Waals surface area contributed by atoms with Crippen LogP contribution in [0.15, 0.2) is 12.3 Å². The highest BCUT2D eigenvalue weighted by atomic mass is 19.2. The quantitative estimate of drug-likeness (QED) is 0.474. The van der Waals surface area contributed by atoms with Gasteiger partial charge in [0.25, 0.3) is 0 Å². The molecule has 2 nitrogen and oxygen atoms in total. The average Bonchev–Trinajstić information content (AvgIpc) is 1.87. The lowest BCUT2D eigenvalue weighted by Crippen LogP contribution is -1.79. The SMILES string of the molecule is Cc1ccn(F)n1. The zero-order chi connectivity index (χ0) is 5.28. The van der Waals surface area contributed by atoms with E-state index in [4.69, 9.17) is 0 Å². The molecule has 0 saturated carbocycles. The van der Waals surface area contributed by atoms with Crippen LogP contribution in [0.3, 0.4) is 0 Å². The van der Waals surface area contributed by atoms with Crippen LogP contribution in [0.1, 0.15) is 5.69 Å². The molecule has 0 spiro atoms. The summed E-state index contributed by atoms with van der Waals surface area (Å²) in [5.41, 5.74) is 0.697. The molecule has 0 bridgehead atoms. The molecule has 0 amide bonds. The maximum Gasteiger partial charge on any atom is 0.0622 e. The van der Waals surface area contributed by atoms with E-state index in [0.717, 1.165) is 0 Å². The third-order valence-corrected chi connectivity index (χ3v) is 0.692. The molecular formula is C4H5FN2. The number of halogens is 1. The summed E-state index contributed by atoms with van der Waals surface area (Å²) in [4.78, 5) is 0.287. The molecule has 0 fully saturated rings. The summed E-state index contributed by atoms with van der Waals surface area (Å²) in [6, 6.07) is 1.60. The van der Waals surface area contributed by atoms with Crippen molar-refractivity contribution in [2.75, 3.05) is 0 Å². The van der Waals surface area contributed by atoms with E-state index in [-0.39, 0.29) is 4.90 Å². The zero-order valence-corrected chi connectivity index (χ0v) is 3.93. The van der Waals surface area contributed by atoms with E-state index in [0.29, 0.717) is 5.69 Å². The Labute approximate surface area is 40.5 Å². The molecule has 1 rings (SSSR count). The lowest BCUT2D eigenvalue weighted by molar-refractivity contribution is 0.315. The van der Waals surface area contributed by atoms with Crippen LogP contribution >= 0.6 is 0 Å². The minimum atomic E-state index is 0.287. The van der Waals surface area contributed by atoms with E-state index in [9.17, 15) is 4.48 Å². The summed E-state index contributed by atoms with van der Waals surface area (Å²) in [7, 11) is 0. The van der Waals surface area contributed by atoms with Crippen LogP contribution in [-0.4, -0.2) is 10.0 Å². The normalized spacial score (nSPS) is 9.43. The summed E-state index contributed by atoms with van der Waals surface area (Å²) in [5, 5.41) is 3.36. The van der Waals surface area contributed by atoms with Crippen LogP contribution in [0.25, 0.3) is 0 Å². The lowest BCUT2D eigenvalue weighted by atomic mass is 10.5. The first-order valence-corrected chi connectivity index (χ1v) is 1.97. The molecule has 0 radical (unpaired) electrons. The van der Waals surface area contributed by atoms with Gasteiger partial charge in [-0.3, -0.25) is 0 Å². The Bertz CT molecular complexity index is 142. The minimum Gasteiger partial charge on any atom is -0.148 e. The fourth-order valence-corrected chi connectivity index (χ4v) is 0.387. The van der Waals surface area contributed by atoms with Crippen molar-refractivity contribution in [2.24, 2.45) is 0 Å². The minimum absolute atomic E-state index is 0.287. The van der Waals surface area contributed by atoms with Gasteiger partial charge in [0.2, 0.25) is 0 Å². The van der Waals surface area contributed by atoms with Crippen LogP contribution in [-0.2, 0) is 0 Å². The Morgan fingerprint density at radius 1 is 1.86 bits per heavy atom. The topological polar surface area (TPSA) is 17.8 Å². The van der Waals surface area contributed by atoms with E-state index < -0.39 is 0 Å². The molecule has 0 aliphatic heterocycles. The van der Waals surface area contributed by atoms with Crippen molar-refractivity contribution in [2.45, 2.75) is 6.92 Å². The highest BCUT2D eigenvalue weighted by Crippen LogP contribution is 1.89. The highest BCUT2D eigenvalue weighted by Gasteiger charge is 1.85. The van der Waals surface area contributed by atoms with Gasteiger partial charge in [0.15, 0.2) is 0 Å². The number of hydrogen-bond donors (Lipinski definition) is 0. The van der Waals surface area contributed by atoms with Crippen LogP contribution < -0.4 is 0 Å². The summed E-state index contributed by atoms with van der Waals surface area (Å²) >= 11 is 0. The van der Waals surface area contributed by atoms with Gasteiger partial charge in [0.1, 0.15) is 0 Å². The maximum absolute atomic E-state index is 11.7. The monoisotopic (exact) mass is 100 g/mol. The molecule has 0 aromatic carbocycles. The van der Waals surface area contributed by atoms with Gasteiger partial charge in [0, 0.05) is 0 Å². The molecule has 0 aliphatic carbocycles. The van der Waals surface area contributed by atoms with Gasteiger partial charge in [0.05, 0.1) is 11.9 Å².